The van der Waals surface area contributed by atoms with E-state index >= 15 is 0 Å². The van der Waals surface area contributed by atoms with Crippen LogP contribution in [0.3, 0.4) is 0 Å². The number of aliphatic hydroxyl groups is 2. The highest BCUT2D eigenvalue weighted by molar-refractivity contribution is 7.90. The van der Waals surface area contributed by atoms with Gasteiger partial charge in [-0.05, 0) is 63.7 Å². The Balaban J connectivity index is 1.48. The summed E-state index contributed by atoms with van der Waals surface area (Å²) < 4.78 is 32.9. The Morgan fingerprint density at radius 3 is 2.50 bits per heavy atom. The fraction of sp³-hybridized carbons (Fsp3) is 0.864. The van der Waals surface area contributed by atoms with Crippen LogP contribution in [0.4, 0.5) is 0 Å². The lowest BCUT2D eigenvalue weighted by Crippen LogP contribution is -2.50. The van der Waals surface area contributed by atoms with E-state index in [-0.39, 0.29) is 17.2 Å². The molecule has 4 aliphatic rings. The third kappa shape index (κ3) is 3.17. The number of ether oxygens (including phenoxy) is 1. The predicted molar refractivity (Wildman–Crippen MR) is 112 cm³/mol. The summed E-state index contributed by atoms with van der Waals surface area (Å²) in [6.07, 6.45) is 2.33. The second-order valence-electron chi connectivity index (χ2n) is 10.6. The average molecular weight is 442 g/mol. The van der Waals surface area contributed by atoms with Crippen molar-refractivity contribution in [3.8, 4) is 0 Å². The molecule has 0 unspecified atom stereocenters. The molecule has 0 radical (unpaired) electrons. The van der Waals surface area contributed by atoms with Crippen LogP contribution < -0.4 is 0 Å². The number of hydrogen-bond acceptors (Lipinski definition) is 6. The predicted octanol–water partition coefficient (Wildman–Crippen LogP) is 1.98. The van der Waals surface area contributed by atoms with Crippen molar-refractivity contribution in [1.29, 1.82) is 0 Å². The molecule has 8 heteroatoms. The summed E-state index contributed by atoms with van der Waals surface area (Å²) in [7, 11) is -3.77. The zero-order chi connectivity index (χ0) is 22.1. The number of aliphatic hydroxyl groups excluding tert-OH is 2. The van der Waals surface area contributed by atoms with Crippen molar-refractivity contribution in [3.05, 3.63) is 11.6 Å². The van der Waals surface area contributed by atoms with Gasteiger partial charge in [-0.3, -0.25) is 4.79 Å². The third-order valence-electron chi connectivity index (χ3n) is 8.52. The van der Waals surface area contributed by atoms with Gasteiger partial charge in [-0.2, -0.15) is 0 Å². The molecule has 2 heterocycles. The first-order valence-corrected chi connectivity index (χ1v) is 12.7. The summed E-state index contributed by atoms with van der Waals surface area (Å²) in [4.78, 5) is 13.2. The van der Waals surface area contributed by atoms with Gasteiger partial charge < -0.3 is 14.9 Å². The molecule has 4 fully saturated rings. The molecule has 30 heavy (non-hydrogen) atoms. The van der Waals surface area contributed by atoms with Gasteiger partial charge in [0.15, 0.2) is 6.10 Å². The first-order valence-electron chi connectivity index (χ1n) is 11.1. The average Bonchev–Trinajstić information content (AvgIpc) is 3.34. The Morgan fingerprint density at radius 1 is 1.20 bits per heavy atom. The molecule has 2 bridgehead atoms. The summed E-state index contributed by atoms with van der Waals surface area (Å²) in [5.74, 6) is -0.366. The number of allylic oxidation sites excluding steroid dienone is 1. The maximum Gasteiger partial charge on any atom is 0.267 e. The molecular formula is C22H35NO6S. The lowest BCUT2D eigenvalue weighted by Gasteiger charge is -2.37. The van der Waals surface area contributed by atoms with Crippen LogP contribution in [0.2, 0.25) is 0 Å². The fourth-order valence-corrected chi connectivity index (χ4v) is 9.14. The van der Waals surface area contributed by atoms with E-state index in [1.165, 1.54) is 0 Å². The van der Waals surface area contributed by atoms with Gasteiger partial charge in [0.25, 0.3) is 5.91 Å². The summed E-state index contributed by atoms with van der Waals surface area (Å²) >= 11 is 0. The highest BCUT2D eigenvalue weighted by atomic mass is 32.2. The first kappa shape index (κ1) is 22.2. The zero-order valence-corrected chi connectivity index (χ0v) is 19.2. The number of carbonyl (C=O) groups excluding carboxylic acids is 1. The van der Waals surface area contributed by atoms with Crippen molar-refractivity contribution >= 4 is 15.9 Å². The molecular weight excluding hydrogens is 406 g/mol. The van der Waals surface area contributed by atoms with Gasteiger partial charge in [0.1, 0.15) is 0 Å². The van der Waals surface area contributed by atoms with Crippen molar-refractivity contribution in [1.82, 2.24) is 4.31 Å². The molecule has 7 atom stereocenters. The summed E-state index contributed by atoms with van der Waals surface area (Å²) in [5.41, 5.74) is 0.556. The van der Waals surface area contributed by atoms with Crippen molar-refractivity contribution in [3.63, 3.8) is 0 Å². The first-order chi connectivity index (χ1) is 13.9. The topological polar surface area (TPSA) is 104 Å². The van der Waals surface area contributed by atoms with Crippen LogP contribution in [-0.2, 0) is 19.6 Å². The molecule has 0 aromatic heterocycles. The van der Waals surface area contributed by atoms with Gasteiger partial charge in [0.2, 0.25) is 10.0 Å². The minimum atomic E-state index is -3.77. The van der Waals surface area contributed by atoms with Gasteiger partial charge in [0.05, 0.1) is 30.1 Å². The minimum absolute atomic E-state index is 0.0117. The van der Waals surface area contributed by atoms with Gasteiger partial charge >= 0.3 is 0 Å². The minimum Gasteiger partial charge on any atom is -0.390 e. The number of carbonyl (C=O) groups is 1. The van der Waals surface area contributed by atoms with E-state index < -0.39 is 45.8 Å². The molecule has 4 rings (SSSR count). The molecule has 0 aromatic carbocycles. The molecule has 2 aliphatic carbocycles. The number of rotatable bonds is 5. The van der Waals surface area contributed by atoms with Crippen LogP contribution in [0.15, 0.2) is 11.6 Å². The molecule has 2 N–H and O–H groups in total. The van der Waals surface area contributed by atoms with Crippen LogP contribution in [0.5, 0.6) is 0 Å². The second kappa shape index (κ2) is 7.29. The molecule has 2 saturated heterocycles. The maximum absolute atomic E-state index is 13.2. The SMILES string of the molecule is CC(C)=CC[C@@H](O)[C@H]1CC[C@@H]([C@@H](O)C(=O)N2[C@@H]3C[C@@H]4CC[C@@]3(CS2(=O)=O)C4(C)C)O1. The number of fused-ring (bicyclic) bond motifs is 1. The largest absolute Gasteiger partial charge is 0.390 e. The molecule has 7 nitrogen and oxygen atoms in total. The third-order valence-corrected chi connectivity index (χ3v) is 10.4. The van der Waals surface area contributed by atoms with Crippen molar-refractivity contribution in [2.45, 2.75) is 96.7 Å². The van der Waals surface area contributed by atoms with E-state index in [4.69, 9.17) is 4.74 Å². The van der Waals surface area contributed by atoms with E-state index in [1.807, 2.05) is 19.9 Å². The van der Waals surface area contributed by atoms with Gasteiger partial charge in [0, 0.05) is 5.41 Å². The fourth-order valence-electron chi connectivity index (χ4n) is 6.58. The lowest BCUT2D eigenvalue weighted by atomic mass is 9.69. The second-order valence-corrected chi connectivity index (χ2v) is 12.4. The Labute approximate surface area is 179 Å². The van der Waals surface area contributed by atoms with E-state index in [2.05, 4.69) is 13.8 Å². The van der Waals surface area contributed by atoms with E-state index in [9.17, 15) is 23.4 Å². The number of sulfonamides is 1. The van der Waals surface area contributed by atoms with Crippen molar-refractivity contribution < 1.29 is 28.2 Å². The summed E-state index contributed by atoms with van der Waals surface area (Å²) in [5, 5.41) is 21.1. The Kier molecular flexibility index (Phi) is 5.40. The Hall–Kier alpha value is -0.960. The van der Waals surface area contributed by atoms with Crippen molar-refractivity contribution in [2.75, 3.05) is 5.75 Å². The summed E-state index contributed by atoms with van der Waals surface area (Å²) in [6.45, 7) is 8.16. The quantitative estimate of drug-likeness (QED) is 0.632. The Morgan fingerprint density at radius 2 is 1.87 bits per heavy atom. The molecule has 0 aromatic rings. The number of hydrogen-bond donors (Lipinski definition) is 2. The van der Waals surface area contributed by atoms with E-state index in [0.29, 0.717) is 31.6 Å². The molecule has 2 aliphatic heterocycles. The smallest absolute Gasteiger partial charge is 0.267 e. The highest BCUT2D eigenvalue weighted by Crippen LogP contribution is 2.70. The number of amides is 1. The van der Waals surface area contributed by atoms with E-state index in [1.54, 1.807) is 0 Å². The van der Waals surface area contributed by atoms with Crippen molar-refractivity contribution in [2.24, 2.45) is 16.7 Å². The zero-order valence-electron chi connectivity index (χ0n) is 18.4. The molecule has 1 spiro atoms. The highest BCUT2D eigenvalue weighted by Gasteiger charge is 2.72. The van der Waals surface area contributed by atoms with Crippen LogP contribution in [-0.4, -0.2) is 65.1 Å². The molecule has 1 amide bonds. The van der Waals surface area contributed by atoms with Crippen LogP contribution in [0.1, 0.15) is 66.2 Å². The van der Waals surface area contributed by atoms with E-state index in [0.717, 1.165) is 22.7 Å². The maximum atomic E-state index is 13.2. The normalized spacial score (nSPS) is 40.3. The molecule has 170 valence electrons. The standard InChI is InChI=1S/C22H35NO6S/c1-13(2)5-6-15(24)16-7-8-17(29-16)19(25)20(26)23-18-11-14-9-10-22(18,21(14,3)4)12-30(23,27)28/h5,14-19,24-25H,6-12H2,1-4H3/t14-,15+,16+,17-,18+,19+,22-/m0/s1. The van der Waals surface area contributed by atoms with Crippen LogP contribution in [0, 0.1) is 16.7 Å². The van der Waals surface area contributed by atoms with Crippen LogP contribution in [0.25, 0.3) is 0 Å². The van der Waals surface area contributed by atoms with Gasteiger partial charge in [-0.1, -0.05) is 25.5 Å². The monoisotopic (exact) mass is 441 g/mol. The summed E-state index contributed by atoms with van der Waals surface area (Å²) in [6, 6.07) is -0.362. The number of nitrogens with zero attached hydrogens (tertiary/aromatic N) is 1. The van der Waals surface area contributed by atoms with Gasteiger partial charge in [-0.25, -0.2) is 12.7 Å². The Bertz CT molecular complexity index is 848. The van der Waals surface area contributed by atoms with Gasteiger partial charge in [-0.15, -0.1) is 0 Å². The molecule has 2 saturated carbocycles. The van der Waals surface area contributed by atoms with Crippen LogP contribution >= 0.6 is 0 Å². The lowest BCUT2D eigenvalue weighted by molar-refractivity contribution is -0.148.